The minimum absolute atomic E-state index is 0.596. The lowest BCUT2D eigenvalue weighted by Gasteiger charge is -2.12. The molecule has 0 aliphatic rings. The fraction of sp³-hybridized carbons (Fsp3) is 0. The van der Waals surface area contributed by atoms with Crippen LogP contribution in [-0.2, 0) is 0 Å². The molecule has 0 aliphatic heterocycles. The van der Waals surface area contributed by atoms with Crippen molar-refractivity contribution in [1.29, 1.82) is 10.5 Å². The number of hydrogen-bond acceptors (Lipinski definition) is 3. The molecule has 0 bridgehead atoms. The monoisotopic (exact) mass is 295 g/mol. The number of nitrogens with two attached hydrogens (primary N) is 1. The van der Waals surface area contributed by atoms with E-state index in [4.69, 9.17) is 16.3 Å². The summed E-state index contributed by atoms with van der Waals surface area (Å²) in [6, 6.07) is 24.8. The maximum Gasteiger partial charge on any atom is 0.0991 e. The zero-order valence-corrected chi connectivity index (χ0v) is 12.3. The van der Waals surface area contributed by atoms with Crippen LogP contribution in [0.2, 0.25) is 0 Å². The van der Waals surface area contributed by atoms with Gasteiger partial charge in [-0.3, -0.25) is 0 Å². The van der Waals surface area contributed by atoms with Crippen LogP contribution in [0.5, 0.6) is 0 Å². The van der Waals surface area contributed by atoms with Crippen molar-refractivity contribution in [1.82, 2.24) is 0 Å². The Labute approximate surface area is 134 Å². The fourth-order valence-electron chi connectivity index (χ4n) is 2.58. The molecule has 3 nitrogen and oxygen atoms in total. The van der Waals surface area contributed by atoms with Crippen LogP contribution in [0.1, 0.15) is 11.1 Å². The van der Waals surface area contributed by atoms with Crippen LogP contribution in [0.15, 0.2) is 66.7 Å². The van der Waals surface area contributed by atoms with Crippen LogP contribution in [0.3, 0.4) is 0 Å². The fourth-order valence-corrected chi connectivity index (χ4v) is 2.58. The van der Waals surface area contributed by atoms with E-state index >= 15 is 0 Å². The maximum atomic E-state index is 9.06. The predicted molar refractivity (Wildman–Crippen MR) is 91.2 cm³/mol. The minimum atomic E-state index is 0.596. The smallest absolute Gasteiger partial charge is 0.0991 e. The van der Waals surface area contributed by atoms with Gasteiger partial charge in [0.1, 0.15) is 0 Å². The molecule has 0 saturated carbocycles. The van der Waals surface area contributed by atoms with Crippen molar-refractivity contribution in [3.8, 4) is 34.4 Å². The van der Waals surface area contributed by atoms with Gasteiger partial charge in [-0.05, 0) is 35.4 Å². The van der Waals surface area contributed by atoms with Gasteiger partial charge in [0.05, 0.1) is 23.3 Å². The van der Waals surface area contributed by atoms with Crippen LogP contribution in [0.4, 0.5) is 5.69 Å². The molecule has 0 amide bonds. The van der Waals surface area contributed by atoms with Crippen molar-refractivity contribution in [3.63, 3.8) is 0 Å². The Hall–Kier alpha value is -3.56. The highest BCUT2D eigenvalue weighted by molar-refractivity contribution is 5.89. The molecule has 0 fully saturated rings. The third kappa shape index (κ3) is 2.77. The second-order valence-corrected chi connectivity index (χ2v) is 5.15. The van der Waals surface area contributed by atoms with Gasteiger partial charge in [0, 0.05) is 16.8 Å². The number of nitrogens with zero attached hydrogens (tertiary/aromatic N) is 2. The van der Waals surface area contributed by atoms with Crippen molar-refractivity contribution in [3.05, 3.63) is 77.9 Å². The molecular formula is C20H13N3. The van der Waals surface area contributed by atoms with Gasteiger partial charge >= 0.3 is 0 Å². The van der Waals surface area contributed by atoms with Crippen molar-refractivity contribution >= 4 is 5.69 Å². The van der Waals surface area contributed by atoms with Gasteiger partial charge in [0.2, 0.25) is 0 Å². The third-order valence-corrected chi connectivity index (χ3v) is 3.71. The first-order valence-electron chi connectivity index (χ1n) is 7.12. The lowest BCUT2D eigenvalue weighted by atomic mass is 9.95. The molecular weight excluding hydrogens is 282 g/mol. The van der Waals surface area contributed by atoms with Gasteiger partial charge < -0.3 is 5.73 Å². The Morgan fingerprint density at radius 3 is 1.52 bits per heavy atom. The molecule has 0 heterocycles. The number of nitrogen functional groups attached to an aromatic ring is 1. The van der Waals surface area contributed by atoms with Crippen molar-refractivity contribution in [2.75, 3.05) is 5.73 Å². The molecule has 0 saturated heterocycles. The molecule has 23 heavy (non-hydrogen) atoms. The first-order chi connectivity index (χ1) is 11.2. The molecule has 3 heteroatoms. The average Bonchev–Trinajstić information content (AvgIpc) is 2.62. The van der Waals surface area contributed by atoms with E-state index in [1.165, 1.54) is 0 Å². The highest BCUT2D eigenvalue weighted by atomic mass is 14.6. The van der Waals surface area contributed by atoms with Gasteiger partial charge in [0.25, 0.3) is 0 Å². The zero-order chi connectivity index (χ0) is 16.2. The quantitative estimate of drug-likeness (QED) is 0.714. The standard InChI is InChI=1S/C20H13N3/c21-12-14-4-1-6-16(10-14)18-8-3-9-19(20(18)23)17-7-2-5-15(11-17)13-22/h1-11H,23H2. The van der Waals surface area contributed by atoms with E-state index in [1.807, 2.05) is 54.6 Å². The summed E-state index contributed by atoms with van der Waals surface area (Å²) in [5, 5.41) is 18.1. The molecule has 0 unspecified atom stereocenters. The highest BCUT2D eigenvalue weighted by Gasteiger charge is 2.10. The normalized spacial score (nSPS) is 9.83. The number of para-hydroxylation sites is 1. The predicted octanol–water partition coefficient (Wildman–Crippen LogP) is 4.35. The molecule has 0 aromatic heterocycles. The van der Waals surface area contributed by atoms with Crippen molar-refractivity contribution < 1.29 is 0 Å². The third-order valence-electron chi connectivity index (χ3n) is 3.71. The Kier molecular flexibility index (Phi) is 3.78. The Balaban J connectivity index is 2.15. The Morgan fingerprint density at radius 1 is 0.652 bits per heavy atom. The Bertz CT molecular complexity index is 883. The molecule has 3 aromatic rings. The SMILES string of the molecule is N#Cc1cccc(-c2cccc(-c3cccc(C#N)c3)c2N)c1. The largest absolute Gasteiger partial charge is 0.398 e. The lowest BCUT2D eigenvalue weighted by Crippen LogP contribution is -1.94. The van der Waals surface area contributed by atoms with Gasteiger partial charge in [0.15, 0.2) is 0 Å². The summed E-state index contributed by atoms with van der Waals surface area (Å²) in [6.45, 7) is 0. The second-order valence-electron chi connectivity index (χ2n) is 5.15. The summed E-state index contributed by atoms with van der Waals surface area (Å²) in [4.78, 5) is 0. The highest BCUT2D eigenvalue weighted by Crippen LogP contribution is 2.35. The summed E-state index contributed by atoms with van der Waals surface area (Å²) >= 11 is 0. The molecule has 0 radical (unpaired) electrons. The first-order valence-corrected chi connectivity index (χ1v) is 7.12. The van der Waals surface area contributed by atoms with Crippen molar-refractivity contribution in [2.24, 2.45) is 0 Å². The number of benzene rings is 3. The van der Waals surface area contributed by atoms with Crippen LogP contribution < -0.4 is 5.73 Å². The molecule has 0 aliphatic carbocycles. The number of anilines is 1. The van der Waals surface area contributed by atoms with Crippen LogP contribution >= 0.6 is 0 Å². The van der Waals surface area contributed by atoms with E-state index < -0.39 is 0 Å². The van der Waals surface area contributed by atoms with Crippen LogP contribution in [0, 0.1) is 22.7 Å². The second kappa shape index (κ2) is 6.05. The van der Waals surface area contributed by atoms with E-state index in [2.05, 4.69) is 12.1 Å². The molecule has 3 aromatic carbocycles. The summed E-state index contributed by atoms with van der Waals surface area (Å²) in [7, 11) is 0. The molecule has 3 rings (SSSR count). The number of nitriles is 2. The summed E-state index contributed by atoms with van der Waals surface area (Å²) in [6.07, 6.45) is 0. The van der Waals surface area contributed by atoms with E-state index in [-0.39, 0.29) is 0 Å². The first kappa shape index (κ1) is 14.4. The zero-order valence-electron chi connectivity index (χ0n) is 12.3. The summed E-state index contributed by atoms with van der Waals surface area (Å²) < 4.78 is 0. The topological polar surface area (TPSA) is 73.6 Å². The van der Waals surface area contributed by atoms with E-state index in [1.54, 1.807) is 12.1 Å². The van der Waals surface area contributed by atoms with Crippen LogP contribution in [-0.4, -0.2) is 0 Å². The van der Waals surface area contributed by atoms with E-state index in [0.717, 1.165) is 22.3 Å². The van der Waals surface area contributed by atoms with Crippen molar-refractivity contribution in [2.45, 2.75) is 0 Å². The van der Waals surface area contributed by atoms with Gasteiger partial charge in [-0.1, -0.05) is 42.5 Å². The van der Waals surface area contributed by atoms with Crippen LogP contribution in [0.25, 0.3) is 22.3 Å². The minimum Gasteiger partial charge on any atom is -0.398 e. The van der Waals surface area contributed by atoms with Gasteiger partial charge in [-0.15, -0.1) is 0 Å². The number of hydrogen-bond donors (Lipinski definition) is 1. The Morgan fingerprint density at radius 2 is 1.09 bits per heavy atom. The number of rotatable bonds is 2. The van der Waals surface area contributed by atoms with Gasteiger partial charge in [-0.2, -0.15) is 10.5 Å². The van der Waals surface area contributed by atoms with E-state index in [9.17, 15) is 0 Å². The molecule has 108 valence electrons. The van der Waals surface area contributed by atoms with E-state index in [0.29, 0.717) is 16.8 Å². The molecule has 2 N–H and O–H groups in total. The van der Waals surface area contributed by atoms with Gasteiger partial charge in [-0.25, -0.2) is 0 Å². The average molecular weight is 295 g/mol. The maximum absolute atomic E-state index is 9.06. The summed E-state index contributed by atoms with van der Waals surface area (Å²) in [5.41, 5.74) is 11.8. The molecule has 0 atom stereocenters. The lowest BCUT2D eigenvalue weighted by molar-refractivity contribution is 1.47. The molecule has 0 spiro atoms. The summed E-state index contributed by atoms with van der Waals surface area (Å²) in [5.74, 6) is 0.